The van der Waals surface area contributed by atoms with Crippen LogP contribution < -0.4 is 5.32 Å². The van der Waals surface area contributed by atoms with Gasteiger partial charge in [0.2, 0.25) is 0 Å². The van der Waals surface area contributed by atoms with E-state index in [2.05, 4.69) is 12.2 Å². The Morgan fingerprint density at radius 1 is 1.06 bits per heavy atom. The van der Waals surface area contributed by atoms with Crippen molar-refractivity contribution in [1.29, 1.82) is 0 Å². The molecule has 1 fully saturated rings. The third kappa shape index (κ3) is 7.74. The van der Waals surface area contributed by atoms with Crippen molar-refractivity contribution in [3.63, 3.8) is 0 Å². The predicted molar refractivity (Wildman–Crippen MR) is 71.4 cm³/mol. The number of rotatable bonds is 9. The molecule has 1 saturated carbocycles. The molecule has 0 heterocycles. The van der Waals surface area contributed by atoms with Crippen molar-refractivity contribution < 1.29 is 9.47 Å². The topological polar surface area (TPSA) is 30.5 Å². The molecule has 0 saturated heterocycles. The predicted octanol–water partition coefficient (Wildman–Crippen LogP) is 2.60. The van der Waals surface area contributed by atoms with E-state index in [0.717, 1.165) is 45.2 Å². The minimum Gasteiger partial charge on any atom is -0.382 e. The largest absolute Gasteiger partial charge is 0.382 e. The van der Waals surface area contributed by atoms with Gasteiger partial charge in [-0.05, 0) is 51.5 Å². The summed E-state index contributed by atoms with van der Waals surface area (Å²) in [4.78, 5) is 0. The molecule has 1 aliphatic rings. The zero-order chi connectivity index (χ0) is 12.3. The molecule has 0 spiro atoms. The first-order valence-corrected chi connectivity index (χ1v) is 7.23. The first-order chi connectivity index (χ1) is 8.33. The molecule has 17 heavy (non-hydrogen) atoms. The van der Waals surface area contributed by atoms with Crippen LogP contribution in [-0.4, -0.2) is 39.0 Å². The monoisotopic (exact) mass is 243 g/mol. The third-order valence-corrected chi connectivity index (χ3v) is 3.44. The van der Waals surface area contributed by atoms with Gasteiger partial charge in [-0.3, -0.25) is 0 Å². The fraction of sp³-hybridized carbons (Fsp3) is 1.00. The molecule has 0 amide bonds. The molecule has 0 unspecified atom stereocenters. The summed E-state index contributed by atoms with van der Waals surface area (Å²) < 4.78 is 11.1. The first-order valence-electron chi connectivity index (χ1n) is 7.23. The SMILES string of the molecule is CCOCCCNCCOC1CCC(C)CC1. The maximum atomic E-state index is 5.87. The van der Waals surface area contributed by atoms with Crippen LogP contribution in [0, 0.1) is 5.92 Å². The molecule has 102 valence electrons. The Kier molecular flexibility index (Phi) is 8.67. The smallest absolute Gasteiger partial charge is 0.0594 e. The maximum Gasteiger partial charge on any atom is 0.0594 e. The van der Waals surface area contributed by atoms with Gasteiger partial charge in [0.15, 0.2) is 0 Å². The number of hydrogen-bond donors (Lipinski definition) is 1. The zero-order valence-corrected chi connectivity index (χ0v) is 11.5. The van der Waals surface area contributed by atoms with Gasteiger partial charge in [0.25, 0.3) is 0 Å². The van der Waals surface area contributed by atoms with Crippen molar-refractivity contribution in [2.45, 2.75) is 52.1 Å². The zero-order valence-electron chi connectivity index (χ0n) is 11.5. The standard InChI is InChI=1S/C14H29NO2/c1-3-16-11-4-9-15-10-12-17-14-7-5-13(2)6-8-14/h13-15H,3-12H2,1-2H3. The Morgan fingerprint density at radius 3 is 2.53 bits per heavy atom. The lowest BCUT2D eigenvalue weighted by atomic mass is 9.89. The van der Waals surface area contributed by atoms with Crippen LogP contribution in [0.5, 0.6) is 0 Å². The van der Waals surface area contributed by atoms with Crippen LogP contribution in [0.15, 0.2) is 0 Å². The highest BCUT2D eigenvalue weighted by Crippen LogP contribution is 2.25. The Morgan fingerprint density at radius 2 is 1.82 bits per heavy atom. The van der Waals surface area contributed by atoms with E-state index in [0.29, 0.717) is 6.10 Å². The van der Waals surface area contributed by atoms with Crippen molar-refractivity contribution in [3.05, 3.63) is 0 Å². The number of ether oxygens (including phenoxy) is 2. The van der Waals surface area contributed by atoms with E-state index in [9.17, 15) is 0 Å². The van der Waals surface area contributed by atoms with E-state index in [1.807, 2.05) is 6.92 Å². The molecule has 3 heteroatoms. The molecule has 0 bridgehead atoms. The van der Waals surface area contributed by atoms with Crippen molar-refractivity contribution >= 4 is 0 Å². The van der Waals surface area contributed by atoms with E-state index in [4.69, 9.17) is 9.47 Å². The highest BCUT2D eigenvalue weighted by atomic mass is 16.5. The van der Waals surface area contributed by atoms with Gasteiger partial charge in [0, 0.05) is 19.8 Å². The summed E-state index contributed by atoms with van der Waals surface area (Å²) in [5.74, 6) is 0.909. The van der Waals surface area contributed by atoms with Gasteiger partial charge in [-0.1, -0.05) is 6.92 Å². The second kappa shape index (κ2) is 9.86. The van der Waals surface area contributed by atoms with E-state index >= 15 is 0 Å². The van der Waals surface area contributed by atoms with Gasteiger partial charge in [-0.15, -0.1) is 0 Å². The van der Waals surface area contributed by atoms with Crippen molar-refractivity contribution in [2.24, 2.45) is 5.92 Å². The minimum atomic E-state index is 0.524. The Bertz CT molecular complexity index is 168. The minimum absolute atomic E-state index is 0.524. The second-order valence-corrected chi connectivity index (χ2v) is 5.05. The van der Waals surface area contributed by atoms with Gasteiger partial charge in [0.05, 0.1) is 12.7 Å². The molecule has 1 aliphatic carbocycles. The molecular formula is C14H29NO2. The van der Waals surface area contributed by atoms with E-state index in [-0.39, 0.29) is 0 Å². The van der Waals surface area contributed by atoms with Crippen LogP contribution in [-0.2, 0) is 9.47 Å². The van der Waals surface area contributed by atoms with Crippen molar-refractivity contribution in [3.8, 4) is 0 Å². The summed E-state index contributed by atoms with van der Waals surface area (Å²) >= 11 is 0. The van der Waals surface area contributed by atoms with E-state index in [1.165, 1.54) is 25.7 Å². The quantitative estimate of drug-likeness (QED) is 0.631. The van der Waals surface area contributed by atoms with Crippen molar-refractivity contribution in [1.82, 2.24) is 5.32 Å². The van der Waals surface area contributed by atoms with Crippen LogP contribution >= 0.6 is 0 Å². The molecule has 0 radical (unpaired) electrons. The average Bonchev–Trinajstić information content (AvgIpc) is 2.35. The maximum absolute atomic E-state index is 5.87. The normalized spacial score (nSPS) is 25.1. The van der Waals surface area contributed by atoms with Crippen LogP contribution in [0.25, 0.3) is 0 Å². The van der Waals surface area contributed by atoms with Crippen molar-refractivity contribution in [2.75, 3.05) is 32.9 Å². The first kappa shape index (κ1) is 14.9. The Labute approximate surface area is 106 Å². The van der Waals surface area contributed by atoms with Crippen LogP contribution in [0.1, 0.15) is 46.0 Å². The van der Waals surface area contributed by atoms with Crippen LogP contribution in [0.3, 0.4) is 0 Å². The second-order valence-electron chi connectivity index (χ2n) is 5.05. The highest BCUT2D eigenvalue weighted by Gasteiger charge is 2.17. The Hall–Kier alpha value is -0.120. The van der Waals surface area contributed by atoms with Gasteiger partial charge in [-0.25, -0.2) is 0 Å². The van der Waals surface area contributed by atoms with E-state index < -0.39 is 0 Å². The molecule has 0 atom stereocenters. The molecule has 0 aromatic heterocycles. The number of hydrogen-bond acceptors (Lipinski definition) is 3. The van der Waals surface area contributed by atoms with Gasteiger partial charge >= 0.3 is 0 Å². The molecule has 1 N–H and O–H groups in total. The number of nitrogens with one attached hydrogen (secondary N) is 1. The fourth-order valence-electron chi connectivity index (χ4n) is 2.26. The fourth-order valence-corrected chi connectivity index (χ4v) is 2.26. The van der Waals surface area contributed by atoms with Crippen LogP contribution in [0.2, 0.25) is 0 Å². The molecule has 0 aromatic rings. The summed E-state index contributed by atoms with van der Waals surface area (Å²) in [6, 6.07) is 0. The van der Waals surface area contributed by atoms with E-state index in [1.54, 1.807) is 0 Å². The summed E-state index contributed by atoms with van der Waals surface area (Å²) in [6.07, 6.45) is 6.81. The van der Waals surface area contributed by atoms with Gasteiger partial charge in [0.1, 0.15) is 0 Å². The van der Waals surface area contributed by atoms with Gasteiger partial charge < -0.3 is 14.8 Å². The molecule has 0 aromatic carbocycles. The highest BCUT2D eigenvalue weighted by molar-refractivity contribution is 4.69. The Balaban J connectivity index is 1.81. The van der Waals surface area contributed by atoms with Crippen LogP contribution in [0.4, 0.5) is 0 Å². The molecular weight excluding hydrogens is 214 g/mol. The molecule has 0 aliphatic heterocycles. The lowest BCUT2D eigenvalue weighted by Crippen LogP contribution is -2.26. The molecule has 3 nitrogen and oxygen atoms in total. The summed E-state index contributed by atoms with van der Waals surface area (Å²) in [7, 11) is 0. The summed E-state index contributed by atoms with van der Waals surface area (Å²) in [6.45, 7) is 8.92. The van der Waals surface area contributed by atoms with Gasteiger partial charge in [-0.2, -0.15) is 0 Å². The third-order valence-electron chi connectivity index (χ3n) is 3.44. The lowest BCUT2D eigenvalue weighted by molar-refractivity contribution is 0.0215. The lowest BCUT2D eigenvalue weighted by Gasteiger charge is -2.26. The summed E-state index contributed by atoms with van der Waals surface area (Å²) in [5.41, 5.74) is 0. The summed E-state index contributed by atoms with van der Waals surface area (Å²) in [5, 5.41) is 3.39. The molecule has 1 rings (SSSR count). The average molecular weight is 243 g/mol.